The van der Waals surface area contributed by atoms with E-state index in [-0.39, 0.29) is 0 Å². The fraction of sp³-hybridized carbons (Fsp3) is 0.455. The van der Waals surface area contributed by atoms with Gasteiger partial charge >= 0.3 is 0 Å². The molecule has 1 N–H and O–H groups in total. The molecule has 3 aromatic rings. The Hall–Kier alpha value is -2.36. The molecule has 26 heavy (non-hydrogen) atoms. The summed E-state index contributed by atoms with van der Waals surface area (Å²) in [5.41, 5.74) is 7.42. The van der Waals surface area contributed by atoms with E-state index < -0.39 is 0 Å². The normalized spacial score (nSPS) is 11.3. The maximum Gasteiger partial charge on any atom is 0.150 e. The summed E-state index contributed by atoms with van der Waals surface area (Å²) in [5, 5.41) is 4.69. The highest BCUT2D eigenvalue weighted by molar-refractivity contribution is 5.92. The van der Waals surface area contributed by atoms with Crippen LogP contribution in [0.3, 0.4) is 0 Å². The van der Waals surface area contributed by atoms with Crippen LogP contribution in [0.15, 0.2) is 18.3 Å². The molecule has 0 saturated heterocycles. The molecule has 0 aliphatic rings. The summed E-state index contributed by atoms with van der Waals surface area (Å²) >= 11 is 0. The van der Waals surface area contributed by atoms with Crippen molar-refractivity contribution in [1.82, 2.24) is 14.5 Å². The first kappa shape index (κ1) is 18.4. The van der Waals surface area contributed by atoms with Gasteiger partial charge in [-0.15, -0.1) is 0 Å². The summed E-state index contributed by atoms with van der Waals surface area (Å²) in [7, 11) is 0. The smallest absolute Gasteiger partial charge is 0.150 e. The topological polar surface area (TPSA) is 42.7 Å². The summed E-state index contributed by atoms with van der Waals surface area (Å²) in [6.45, 7) is 13.8. The fourth-order valence-corrected chi connectivity index (χ4v) is 3.86. The first-order chi connectivity index (χ1) is 12.5. The van der Waals surface area contributed by atoms with Gasteiger partial charge in [0.25, 0.3) is 0 Å². The van der Waals surface area contributed by atoms with Crippen LogP contribution in [0, 0.1) is 27.7 Å². The molecule has 2 aromatic heterocycles. The van der Waals surface area contributed by atoms with E-state index in [4.69, 9.17) is 9.97 Å². The van der Waals surface area contributed by atoms with Crippen LogP contribution >= 0.6 is 0 Å². The third kappa shape index (κ3) is 3.33. The van der Waals surface area contributed by atoms with E-state index in [2.05, 4.69) is 62.8 Å². The van der Waals surface area contributed by atoms with E-state index in [0.717, 1.165) is 43.1 Å². The molecule has 0 unspecified atom stereocenters. The Bertz CT molecular complexity index is 914. The van der Waals surface area contributed by atoms with Crippen LogP contribution in [0.4, 0.5) is 5.82 Å². The minimum absolute atomic E-state index is 0.806. The first-order valence-corrected chi connectivity index (χ1v) is 9.66. The Morgan fingerprint density at radius 3 is 2.27 bits per heavy atom. The van der Waals surface area contributed by atoms with Gasteiger partial charge in [0, 0.05) is 12.7 Å². The molecular weight excluding hydrogens is 320 g/mol. The minimum Gasteiger partial charge on any atom is -0.369 e. The van der Waals surface area contributed by atoms with Gasteiger partial charge in [-0.3, -0.25) is 0 Å². The quantitative estimate of drug-likeness (QED) is 0.645. The highest BCUT2D eigenvalue weighted by Gasteiger charge is 2.18. The Morgan fingerprint density at radius 2 is 1.65 bits per heavy atom. The van der Waals surface area contributed by atoms with Gasteiger partial charge in [-0.05, 0) is 57.2 Å². The van der Waals surface area contributed by atoms with Crippen molar-refractivity contribution in [2.45, 2.75) is 60.8 Å². The summed E-state index contributed by atoms with van der Waals surface area (Å²) in [4.78, 5) is 9.55. The van der Waals surface area contributed by atoms with Crippen molar-refractivity contribution >= 4 is 16.9 Å². The molecule has 0 radical (unpaired) electrons. The zero-order valence-electron chi connectivity index (χ0n) is 16.9. The zero-order valence-corrected chi connectivity index (χ0v) is 16.9. The van der Waals surface area contributed by atoms with Gasteiger partial charge in [0.2, 0.25) is 0 Å². The molecule has 0 fully saturated rings. The van der Waals surface area contributed by atoms with Crippen LogP contribution in [0.25, 0.3) is 16.7 Å². The Morgan fingerprint density at radius 1 is 0.962 bits per heavy atom. The predicted molar refractivity (Wildman–Crippen MR) is 111 cm³/mol. The molecule has 2 heterocycles. The maximum atomic E-state index is 4.84. The van der Waals surface area contributed by atoms with E-state index in [1.807, 2.05) is 6.92 Å². The summed E-state index contributed by atoms with van der Waals surface area (Å²) in [6.07, 6.45) is 5.47. The van der Waals surface area contributed by atoms with Crippen molar-refractivity contribution < 1.29 is 0 Å². The largest absolute Gasteiger partial charge is 0.369 e. The third-order valence-electron chi connectivity index (χ3n) is 4.77. The second-order valence-corrected chi connectivity index (χ2v) is 7.27. The highest BCUT2D eigenvalue weighted by Crippen LogP contribution is 2.32. The van der Waals surface area contributed by atoms with Gasteiger partial charge in [0.05, 0.1) is 11.1 Å². The lowest BCUT2D eigenvalue weighted by molar-refractivity contribution is 0.920. The number of fused-ring (bicyclic) bond motifs is 1. The molecule has 3 rings (SSSR count). The van der Waals surface area contributed by atoms with Crippen molar-refractivity contribution in [3.8, 4) is 5.69 Å². The number of hydrogen-bond donors (Lipinski definition) is 1. The summed E-state index contributed by atoms with van der Waals surface area (Å²) < 4.78 is 2.27. The lowest BCUT2D eigenvalue weighted by Gasteiger charge is -2.14. The number of aromatic nitrogens is 3. The van der Waals surface area contributed by atoms with E-state index in [9.17, 15) is 0 Å². The second-order valence-electron chi connectivity index (χ2n) is 7.27. The maximum absolute atomic E-state index is 4.84. The van der Waals surface area contributed by atoms with Gasteiger partial charge in [-0.25, -0.2) is 9.97 Å². The number of rotatable bonds is 6. The molecule has 0 aliphatic carbocycles. The number of hydrogen-bond acceptors (Lipinski definition) is 3. The van der Waals surface area contributed by atoms with E-state index in [1.54, 1.807) is 0 Å². The van der Waals surface area contributed by atoms with Crippen LogP contribution < -0.4 is 5.32 Å². The number of aryl methyl sites for hydroxylation is 5. The lowest BCUT2D eigenvalue weighted by Crippen LogP contribution is -2.06. The van der Waals surface area contributed by atoms with Crippen LogP contribution in [0.2, 0.25) is 0 Å². The van der Waals surface area contributed by atoms with E-state index >= 15 is 0 Å². The third-order valence-corrected chi connectivity index (χ3v) is 4.77. The molecule has 0 bridgehead atoms. The van der Waals surface area contributed by atoms with Gasteiger partial charge in [-0.1, -0.05) is 38.0 Å². The van der Waals surface area contributed by atoms with Gasteiger partial charge in [0.1, 0.15) is 11.6 Å². The highest BCUT2D eigenvalue weighted by atomic mass is 15.1. The van der Waals surface area contributed by atoms with Crippen LogP contribution in [0.5, 0.6) is 0 Å². The molecule has 138 valence electrons. The molecule has 0 aliphatic heterocycles. The minimum atomic E-state index is 0.806. The summed E-state index contributed by atoms with van der Waals surface area (Å²) in [6, 6.07) is 4.50. The SMILES string of the molecule is CCCNc1nc(C)nc2c1c(CCC)cn2-c1c(C)cc(C)cc1C. The molecule has 4 heteroatoms. The van der Waals surface area contributed by atoms with Crippen LogP contribution in [-0.2, 0) is 6.42 Å². The van der Waals surface area contributed by atoms with Crippen molar-refractivity contribution in [3.63, 3.8) is 0 Å². The molecular formula is C22H30N4. The van der Waals surface area contributed by atoms with Gasteiger partial charge < -0.3 is 9.88 Å². The average molecular weight is 351 g/mol. The Kier molecular flexibility index (Phi) is 5.30. The molecule has 0 amide bonds. The zero-order chi connectivity index (χ0) is 18.8. The first-order valence-electron chi connectivity index (χ1n) is 9.66. The monoisotopic (exact) mass is 350 g/mol. The van der Waals surface area contributed by atoms with Crippen LogP contribution in [0.1, 0.15) is 54.8 Å². The Labute approximate surface area is 156 Å². The fourth-order valence-electron chi connectivity index (χ4n) is 3.86. The van der Waals surface area contributed by atoms with Crippen molar-refractivity contribution in [2.75, 3.05) is 11.9 Å². The second kappa shape index (κ2) is 7.48. The lowest BCUT2D eigenvalue weighted by atomic mass is 10.1. The van der Waals surface area contributed by atoms with Crippen LogP contribution in [-0.4, -0.2) is 21.1 Å². The average Bonchev–Trinajstić information content (AvgIpc) is 2.90. The van der Waals surface area contributed by atoms with Gasteiger partial charge in [-0.2, -0.15) is 0 Å². The number of nitrogens with zero attached hydrogens (tertiary/aromatic N) is 3. The van der Waals surface area contributed by atoms with E-state index in [1.165, 1.54) is 33.3 Å². The number of nitrogens with one attached hydrogen (secondary N) is 1. The molecule has 0 saturated carbocycles. The Balaban J connectivity index is 2.32. The summed E-state index contributed by atoms with van der Waals surface area (Å²) in [5.74, 6) is 1.78. The van der Waals surface area contributed by atoms with Crippen molar-refractivity contribution in [3.05, 3.63) is 46.4 Å². The molecule has 4 nitrogen and oxygen atoms in total. The van der Waals surface area contributed by atoms with Crippen molar-refractivity contribution in [2.24, 2.45) is 0 Å². The van der Waals surface area contributed by atoms with Gasteiger partial charge in [0.15, 0.2) is 5.65 Å². The van der Waals surface area contributed by atoms with E-state index in [0.29, 0.717) is 0 Å². The molecule has 1 aromatic carbocycles. The predicted octanol–water partition coefficient (Wildman–Crippen LogP) is 5.43. The molecule has 0 spiro atoms. The number of anilines is 1. The molecule has 0 atom stereocenters. The number of benzene rings is 1. The standard InChI is InChI=1S/C22H30N4/c1-7-9-18-13-26(20-15(4)11-14(3)12-16(20)5)22-19(18)21(23-10-8-2)24-17(6)25-22/h11-13H,7-10H2,1-6H3,(H,23,24,25). The van der Waals surface area contributed by atoms with Crippen molar-refractivity contribution in [1.29, 1.82) is 0 Å².